The summed E-state index contributed by atoms with van der Waals surface area (Å²) in [6.45, 7) is 3.21. The number of amides is 2. The fraction of sp³-hybridized carbons (Fsp3) is 0.222. The molecule has 0 aromatic heterocycles. The number of rotatable bonds is 4. The van der Waals surface area contributed by atoms with Crippen LogP contribution in [0.15, 0.2) is 42.5 Å². The number of aryl methyl sites for hydroxylation is 2. The smallest absolute Gasteiger partial charge is 0.343 e. The molecular formula is C18H17F3N2O2. The molecule has 25 heavy (non-hydrogen) atoms. The molecule has 0 atom stereocenters. The van der Waals surface area contributed by atoms with Gasteiger partial charge in [0.1, 0.15) is 0 Å². The predicted octanol–water partition coefficient (Wildman–Crippen LogP) is 3.69. The van der Waals surface area contributed by atoms with Crippen molar-refractivity contribution in [1.82, 2.24) is 5.32 Å². The molecule has 0 saturated heterocycles. The summed E-state index contributed by atoms with van der Waals surface area (Å²) in [4.78, 5) is 24.0. The van der Waals surface area contributed by atoms with Gasteiger partial charge in [-0.25, -0.2) is 0 Å². The number of para-hydroxylation sites is 1. The van der Waals surface area contributed by atoms with E-state index in [1.54, 1.807) is 0 Å². The van der Waals surface area contributed by atoms with Gasteiger partial charge in [0, 0.05) is 5.69 Å². The lowest BCUT2D eigenvalue weighted by molar-refractivity contribution is -0.137. The molecule has 0 spiro atoms. The molecule has 0 fully saturated rings. The summed E-state index contributed by atoms with van der Waals surface area (Å²) in [5, 5.41) is 4.87. The van der Waals surface area contributed by atoms with E-state index >= 15 is 0 Å². The summed E-state index contributed by atoms with van der Waals surface area (Å²) in [6.07, 6.45) is -4.64. The van der Waals surface area contributed by atoms with Crippen LogP contribution in [0.1, 0.15) is 27.0 Å². The van der Waals surface area contributed by atoms with E-state index in [1.165, 1.54) is 12.1 Å². The van der Waals surface area contributed by atoms with Crippen LogP contribution in [0.4, 0.5) is 18.9 Å². The lowest BCUT2D eigenvalue weighted by Crippen LogP contribution is -2.34. The fourth-order valence-electron chi connectivity index (χ4n) is 2.38. The van der Waals surface area contributed by atoms with E-state index in [1.807, 2.05) is 32.0 Å². The van der Waals surface area contributed by atoms with Gasteiger partial charge in [-0.3, -0.25) is 9.59 Å². The number of hydrogen-bond donors (Lipinski definition) is 2. The molecule has 7 heteroatoms. The van der Waals surface area contributed by atoms with Gasteiger partial charge in [0.2, 0.25) is 5.91 Å². The largest absolute Gasteiger partial charge is 0.417 e. The third-order valence-corrected chi connectivity index (χ3v) is 3.63. The maximum absolute atomic E-state index is 12.9. The van der Waals surface area contributed by atoms with E-state index < -0.39 is 35.7 Å². The molecule has 0 bridgehead atoms. The van der Waals surface area contributed by atoms with Crippen molar-refractivity contribution in [3.8, 4) is 0 Å². The lowest BCUT2D eigenvalue weighted by atomic mass is 10.1. The number of halogens is 3. The minimum Gasteiger partial charge on any atom is -0.343 e. The summed E-state index contributed by atoms with van der Waals surface area (Å²) >= 11 is 0. The molecule has 2 aromatic rings. The van der Waals surface area contributed by atoms with Crippen LogP contribution >= 0.6 is 0 Å². The van der Waals surface area contributed by atoms with E-state index in [2.05, 4.69) is 10.6 Å². The first kappa shape index (κ1) is 18.5. The number of alkyl halides is 3. The summed E-state index contributed by atoms with van der Waals surface area (Å²) in [6, 6.07) is 9.92. The van der Waals surface area contributed by atoms with Crippen LogP contribution in [0.5, 0.6) is 0 Å². The zero-order valence-corrected chi connectivity index (χ0v) is 13.7. The highest BCUT2D eigenvalue weighted by molar-refractivity contribution is 6.00. The Morgan fingerprint density at radius 1 is 0.960 bits per heavy atom. The first-order valence-electron chi connectivity index (χ1n) is 7.50. The minimum absolute atomic E-state index is 0.432. The second-order valence-corrected chi connectivity index (χ2v) is 5.54. The van der Waals surface area contributed by atoms with E-state index in [4.69, 9.17) is 0 Å². The first-order valence-corrected chi connectivity index (χ1v) is 7.50. The van der Waals surface area contributed by atoms with Crippen LogP contribution in [0.3, 0.4) is 0 Å². The van der Waals surface area contributed by atoms with Crippen LogP contribution in [-0.2, 0) is 11.0 Å². The van der Waals surface area contributed by atoms with Crippen LogP contribution in [-0.4, -0.2) is 18.4 Å². The van der Waals surface area contributed by atoms with E-state index in [0.717, 1.165) is 23.3 Å². The van der Waals surface area contributed by atoms with E-state index in [0.29, 0.717) is 5.69 Å². The minimum atomic E-state index is -4.64. The maximum Gasteiger partial charge on any atom is 0.417 e. The number of hydrogen-bond acceptors (Lipinski definition) is 2. The highest BCUT2D eigenvalue weighted by atomic mass is 19.4. The van der Waals surface area contributed by atoms with Gasteiger partial charge >= 0.3 is 6.18 Å². The predicted molar refractivity (Wildman–Crippen MR) is 88.3 cm³/mol. The molecule has 0 unspecified atom stereocenters. The number of carbonyl (C=O) groups is 2. The fourth-order valence-corrected chi connectivity index (χ4v) is 2.38. The van der Waals surface area contributed by atoms with Gasteiger partial charge in [0.15, 0.2) is 0 Å². The molecule has 2 aromatic carbocycles. The van der Waals surface area contributed by atoms with Crippen molar-refractivity contribution in [2.45, 2.75) is 20.0 Å². The SMILES string of the molecule is Cc1cccc(C)c1NC(=O)CNC(=O)c1ccccc1C(F)(F)F. The molecule has 0 aliphatic heterocycles. The van der Waals surface area contributed by atoms with Crippen molar-refractivity contribution < 1.29 is 22.8 Å². The number of carbonyl (C=O) groups excluding carboxylic acids is 2. The zero-order valence-electron chi connectivity index (χ0n) is 13.7. The summed E-state index contributed by atoms with van der Waals surface area (Å²) in [5.74, 6) is -1.47. The molecule has 0 aliphatic rings. The summed E-state index contributed by atoms with van der Waals surface area (Å²) in [5.41, 5.74) is 0.763. The molecule has 0 heterocycles. The molecule has 4 nitrogen and oxygen atoms in total. The Morgan fingerprint density at radius 3 is 2.16 bits per heavy atom. The standard InChI is InChI=1S/C18H17F3N2O2/c1-11-6-5-7-12(2)16(11)23-15(24)10-22-17(25)13-8-3-4-9-14(13)18(19,20)21/h3-9H,10H2,1-2H3,(H,22,25)(H,23,24). The zero-order chi connectivity index (χ0) is 18.6. The second-order valence-electron chi connectivity index (χ2n) is 5.54. The van der Waals surface area contributed by atoms with Crippen molar-refractivity contribution >= 4 is 17.5 Å². The molecule has 2 amide bonds. The third kappa shape index (κ3) is 4.59. The van der Waals surface area contributed by atoms with Gasteiger partial charge in [0.25, 0.3) is 5.91 Å². The Hall–Kier alpha value is -2.83. The second kappa shape index (κ2) is 7.38. The van der Waals surface area contributed by atoms with Crippen LogP contribution in [0.25, 0.3) is 0 Å². The lowest BCUT2D eigenvalue weighted by Gasteiger charge is -2.14. The molecule has 2 rings (SSSR count). The van der Waals surface area contributed by atoms with E-state index in [-0.39, 0.29) is 0 Å². The van der Waals surface area contributed by atoms with Gasteiger partial charge in [-0.05, 0) is 37.1 Å². The van der Waals surface area contributed by atoms with Crippen molar-refractivity contribution in [2.24, 2.45) is 0 Å². The van der Waals surface area contributed by atoms with Gasteiger partial charge in [-0.15, -0.1) is 0 Å². The third-order valence-electron chi connectivity index (χ3n) is 3.63. The molecule has 2 N–H and O–H groups in total. The molecule has 0 saturated carbocycles. The van der Waals surface area contributed by atoms with Gasteiger partial charge in [-0.1, -0.05) is 30.3 Å². The van der Waals surface area contributed by atoms with Gasteiger partial charge < -0.3 is 10.6 Å². The molecule has 0 radical (unpaired) electrons. The average Bonchev–Trinajstić information content (AvgIpc) is 2.55. The normalized spacial score (nSPS) is 11.1. The molecule has 0 aliphatic carbocycles. The van der Waals surface area contributed by atoms with Crippen molar-refractivity contribution in [2.75, 3.05) is 11.9 Å². The highest BCUT2D eigenvalue weighted by Gasteiger charge is 2.34. The van der Waals surface area contributed by atoms with Crippen LogP contribution in [0.2, 0.25) is 0 Å². The highest BCUT2D eigenvalue weighted by Crippen LogP contribution is 2.31. The Bertz CT molecular complexity index is 781. The van der Waals surface area contributed by atoms with E-state index in [9.17, 15) is 22.8 Å². The van der Waals surface area contributed by atoms with Crippen molar-refractivity contribution in [3.63, 3.8) is 0 Å². The summed E-state index contributed by atoms with van der Waals surface area (Å²) < 4.78 is 38.8. The Labute approximate surface area is 143 Å². The van der Waals surface area contributed by atoms with Gasteiger partial charge in [0.05, 0.1) is 17.7 Å². The number of anilines is 1. The van der Waals surface area contributed by atoms with Crippen LogP contribution < -0.4 is 10.6 Å². The Kier molecular flexibility index (Phi) is 5.46. The molecular weight excluding hydrogens is 333 g/mol. The maximum atomic E-state index is 12.9. The Morgan fingerprint density at radius 2 is 1.56 bits per heavy atom. The van der Waals surface area contributed by atoms with Crippen LogP contribution in [0, 0.1) is 13.8 Å². The number of nitrogens with one attached hydrogen (secondary N) is 2. The van der Waals surface area contributed by atoms with Crippen molar-refractivity contribution in [1.29, 1.82) is 0 Å². The monoisotopic (exact) mass is 350 g/mol. The Balaban J connectivity index is 2.05. The summed E-state index contributed by atoms with van der Waals surface area (Å²) in [7, 11) is 0. The quantitative estimate of drug-likeness (QED) is 0.884. The first-order chi connectivity index (χ1) is 11.7. The topological polar surface area (TPSA) is 58.2 Å². The number of benzene rings is 2. The average molecular weight is 350 g/mol. The molecule has 132 valence electrons. The van der Waals surface area contributed by atoms with Crippen molar-refractivity contribution in [3.05, 3.63) is 64.7 Å². The van der Waals surface area contributed by atoms with Gasteiger partial charge in [-0.2, -0.15) is 13.2 Å².